The topological polar surface area (TPSA) is 37.3 Å². The Kier molecular flexibility index (Phi) is 2.37. The Balaban J connectivity index is 1.94. The molecule has 0 aromatic heterocycles. The first-order valence-corrected chi connectivity index (χ1v) is 7.40. The lowest BCUT2D eigenvalue weighted by atomic mass is 9.45. The van der Waals surface area contributed by atoms with Crippen molar-refractivity contribution in [2.24, 2.45) is 23.2 Å². The van der Waals surface area contributed by atoms with Crippen LogP contribution in [0.3, 0.4) is 0 Å². The summed E-state index contributed by atoms with van der Waals surface area (Å²) in [6.07, 6.45) is 6.92. The van der Waals surface area contributed by atoms with Crippen LogP contribution in [0, 0.1) is 23.2 Å². The van der Waals surface area contributed by atoms with E-state index in [1.807, 2.05) is 0 Å². The summed E-state index contributed by atoms with van der Waals surface area (Å²) in [7, 11) is 0. The Hall–Kier alpha value is 0.200. The summed E-state index contributed by atoms with van der Waals surface area (Å²) in [5.41, 5.74) is 0.323. The second kappa shape index (κ2) is 3.36. The maximum absolute atomic E-state index is 11.1. The van der Waals surface area contributed by atoms with Crippen LogP contribution in [-0.2, 0) is 4.79 Å². The molecule has 2 nitrogen and oxygen atoms in total. The van der Waals surface area contributed by atoms with Crippen LogP contribution in [0.2, 0.25) is 0 Å². The number of hydrogen-bond acceptors (Lipinski definition) is 1. The monoisotopic (exact) mass is 334 g/mol. The van der Waals surface area contributed by atoms with Crippen LogP contribution in [0.1, 0.15) is 45.4 Å². The molecule has 4 saturated carbocycles. The van der Waals surface area contributed by atoms with Crippen molar-refractivity contribution >= 4 is 28.6 Å². The average Bonchev–Trinajstić information content (AvgIpc) is 2.08. The number of carboxylic acid groups (broad SMARTS) is 1. The zero-order chi connectivity index (χ0) is 11.6. The van der Waals surface area contributed by atoms with Crippen LogP contribution in [0.15, 0.2) is 0 Å². The number of carboxylic acids is 1. The molecule has 16 heavy (non-hydrogen) atoms. The van der Waals surface area contributed by atoms with Crippen molar-refractivity contribution in [2.75, 3.05) is 0 Å². The SMILES string of the molecule is CC12CC3CC(C1)CC(I)(C3)C2CC(=O)O. The van der Waals surface area contributed by atoms with Crippen LogP contribution in [0.25, 0.3) is 0 Å². The smallest absolute Gasteiger partial charge is 0.303 e. The van der Waals surface area contributed by atoms with Gasteiger partial charge in [-0.2, -0.15) is 0 Å². The normalized spacial score (nSPS) is 54.2. The van der Waals surface area contributed by atoms with Gasteiger partial charge in [-0.25, -0.2) is 0 Å². The summed E-state index contributed by atoms with van der Waals surface area (Å²) >= 11 is 2.61. The van der Waals surface area contributed by atoms with E-state index in [1.54, 1.807) is 0 Å². The zero-order valence-corrected chi connectivity index (χ0v) is 11.9. The van der Waals surface area contributed by atoms with Crippen molar-refractivity contribution in [3.8, 4) is 0 Å². The minimum absolute atomic E-state index is 0.301. The standard InChI is InChI=1S/C13H19IO2/c1-12-4-8-2-9(5-12)7-13(14,6-8)10(12)3-11(15)16/h8-10H,2-7H2,1H3,(H,15,16). The second-order valence-electron chi connectivity index (χ2n) is 6.62. The van der Waals surface area contributed by atoms with Gasteiger partial charge in [-0.05, 0) is 55.3 Å². The Morgan fingerprint density at radius 1 is 1.31 bits per heavy atom. The lowest BCUT2D eigenvalue weighted by molar-refractivity contribution is -0.145. The van der Waals surface area contributed by atoms with E-state index in [9.17, 15) is 4.79 Å². The number of rotatable bonds is 2. The lowest BCUT2D eigenvalue weighted by Gasteiger charge is -2.64. The third-order valence-corrected chi connectivity index (χ3v) is 6.91. The van der Waals surface area contributed by atoms with Crippen LogP contribution in [-0.4, -0.2) is 14.5 Å². The summed E-state index contributed by atoms with van der Waals surface area (Å²) in [6.45, 7) is 2.35. The van der Waals surface area contributed by atoms with Crippen LogP contribution < -0.4 is 0 Å². The first-order valence-electron chi connectivity index (χ1n) is 6.32. The predicted octanol–water partition coefficient (Wildman–Crippen LogP) is 3.48. The molecule has 3 atom stereocenters. The summed E-state index contributed by atoms with van der Waals surface area (Å²) in [4.78, 5) is 11.1. The summed E-state index contributed by atoms with van der Waals surface area (Å²) in [5, 5.41) is 9.12. The van der Waals surface area contributed by atoms with Gasteiger partial charge in [0.15, 0.2) is 0 Å². The number of aliphatic carboxylic acids is 1. The fourth-order valence-corrected chi connectivity index (χ4v) is 7.41. The fraction of sp³-hybridized carbons (Fsp3) is 0.923. The van der Waals surface area contributed by atoms with E-state index in [4.69, 9.17) is 5.11 Å². The number of halogens is 1. The van der Waals surface area contributed by atoms with Gasteiger partial charge < -0.3 is 5.11 Å². The third-order valence-electron chi connectivity index (χ3n) is 5.28. The number of hydrogen-bond donors (Lipinski definition) is 1. The Morgan fingerprint density at radius 3 is 2.31 bits per heavy atom. The summed E-state index contributed by atoms with van der Waals surface area (Å²) < 4.78 is 0.301. The minimum atomic E-state index is -0.602. The number of carbonyl (C=O) groups is 1. The zero-order valence-electron chi connectivity index (χ0n) is 9.71. The van der Waals surface area contributed by atoms with Crippen LogP contribution >= 0.6 is 22.6 Å². The molecule has 4 aliphatic carbocycles. The van der Waals surface area contributed by atoms with E-state index in [2.05, 4.69) is 29.5 Å². The van der Waals surface area contributed by atoms with Crippen molar-refractivity contribution in [1.82, 2.24) is 0 Å². The molecule has 3 unspecified atom stereocenters. The molecule has 4 bridgehead atoms. The molecule has 4 rings (SSSR count). The van der Waals surface area contributed by atoms with Gasteiger partial charge in [-0.1, -0.05) is 29.5 Å². The molecule has 0 aromatic rings. The van der Waals surface area contributed by atoms with Gasteiger partial charge in [0.2, 0.25) is 0 Å². The molecule has 90 valence electrons. The molecule has 1 N–H and O–H groups in total. The van der Waals surface area contributed by atoms with Crippen LogP contribution in [0.5, 0.6) is 0 Å². The first kappa shape index (κ1) is 11.3. The van der Waals surface area contributed by atoms with E-state index >= 15 is 0 Å². The predicted molar refractivity (Wildman–Crippen MR) is 70.7 cm³/mol. The maximum atomic E-state index is 11.1. The van der Waals surface area contributed by atoms with Gasteiger partial charge in [0.1, 0.15) is 0 Å². The molecular formula is C13H19IO2. The summed E-state index contributed by atoms with van der Waals surface area (Å²) in [5.74, 6) is 1.58. The minimum Gasteiger partial charge on any atom is -0.481 e. The lowest BCUT2D eigenvalue weighted by Crippen LogP contribution is -2.59. The second-order valence-corrected chi connectivity index (χ2v) is 8.77. The molecule has 0 saturated heterocycles. The summed E-state index contributed by atoms with van der Waals surface area (Å²) in [6, 6.07) is 0. The Labute approximate surface area is 110 Å². The molecule has 4 aliphatic rings. The highest BCUT2D eigenvalue weighted by atomic mass is 127. The van der Waals surface area contributed by atoms with Gasteiger partial charge in [0.25, 0.3) is 0 Å². The van der Waals surface area contributed by atoms with Gasteiger partial charge in [-0.3, -0.25) is 4.79 Å². The van der Waals surface area contributed by atoms with Crippen LogP contribution in [0.4, 0.5) is 0 Å². The van der Waals surface area contributed by atoms with Gasteiger partial charge in [0.05, 0.1) is 0 Å². The molecule has 0 heterocycles. The van der Waals surface area contributed by atoms with E-state index in [-0.39, 0.29) is 0 Å². The molecular weight excluding hydrogens is 315 g/mol. The highest BCUT2D eigenvalue weighted by molar-refractivity contribution is 14.1. The highest BCUT2D eigenvalue weighted by Crippen LogP contribution is 2.67. The maximum Gasteiger partial charge on any atom is 0.303 e. The van der Waals surface area contributed by atoms with Gasteiger partial charge >= 0.3 is 5.97 Å². The Morgan fingerprint density at radius 2 is 1.88 bits per heavy atom. The number of alkyl halides is 1. The van der Waals surface area contributed by atoms with Crippen molar-refractivity contribution < 1.29 is 9.90 Å². The first-order chi connectivity index (χ1) is 7.41. The molecule has 0 aliphatic heterocycles. The van der Waals surface area contributed by atoms with Crippen molar-refractivity contribution in [1.29, 1.82) is 0 Å². The molecule has 0 spiro atoms. The molecule has 4 fully saturated rings. The highest BCUT2D eigenvalue weighted by Gasteiger charge is 2.61. The third kappa shape index (κ3) is 1.53. The molecule has 0 radical (unpaired) electrons. The average molecular weight is 334 g/mol. The molecule has 0 aromatic carbocycles. The largest absolute Gasteiger partial charge is 0.481 e. The van der Waals surface area contributed by atoms with Crippen molar-refractivity contribution in [3.63, 3.8) is 0 Å². The molecule has 3 heteroatoms. The van der Waals surface area contributed by atoms with Crippen molar-refractivity contribution in [3.05, 3.63) is 0 Å². The molecule has 0 amide bonds. The van der Waals surface area contributed by atoms with Gasteiger partial charge in [0, 0.05) is 9.84 Å². The van der Waals surface area contributed by atoms with Crippen molar-refractivity contribution in [2.45, 2.75) is 48.9 Å². The Bertz CT molecular complexity index is 303. The van der Waals surface area contributed by atoms with E-state index < -0.39 is 5.97 Å². The van der Waals surface area contributed by atoms with Gasteiger partial charge in [-0.15, -0.1) is 0 Å². The fourth-order valence-electron chi connectivity index (χ4n) is 5.19. The van der Waals surface area contributed by atoms with E-state index in [0.717, 1.165) is 11.8 Å². The van der Waals surface area contributed by atoms with E-state index in [0.29, 0.717) is 21.2 Å². The quantitative estimate of drug-likeness (QED) is 0.620. The van der Waals surface area contributed by atoms with E-state index in [1.165, 1.54) is 32.1 Å².